The van der Waals surface area contributed by atoms with Gasteiger partial charge in [-0.1, -0.05) is 40.2 Å². The molecule has 0 unspecified atom stereocenters. The van der Waals surface area contributed by atoms with E-state index in [0.29, 0.717) is 31.5 Å². The van der Waals surface area contributed by atoms with Gasteiger partial charge in [-0.3, -0.25) is 0 Å². The summed E-state index contributed by atoms with van der Waals surface area (Å²) in [4.78, 5) is 4.06. The van der Waals surface area contributed by atoms with E-state index >= 15 is 0 Å². The summed E-state index contributed by atoms with van der Waals surface area (Å²) in [7, 11) is 0. The average molecular weight is 417 g/mol. The van der Waals surface area contributed by atoms with Crippen molar-refractivity contribution in [3.63, 3.8) is 0 Å². The Morgan fingerprint density at radius 2 is 1.92 bits per heavy atom. The number of hydrogen-bond acceptors (Lipinski definition) is 5. The maximum absolute atomic E-state index is 6.04. The second kappa shape index (κ2) is 8.71. The van der Waals surface area contributed by atoms with Gasteiger partial charge in [0, 0.05) is 11.0 Å². The highest BCUT2D eigenvalue weighted by Crippen LogP contribution is 2.34. The van der Waals surface area contributed by atoms with Gasteiger partial charge in [-0.05, 0) is 42.7 Å². The largest absolute Gasteiger partial charge is 0.490 e. The molecule has 6 nitrogen and oxygen atoms in total. The SMILES string of the molecule is CCOc1cc(CNc2ncn[nH]2)c(Br)cc1OCc1ccccc1C. The lowest BCUT2D eigenvalue weighted by Crippen LogP contribution is -2.05. The van der Waals surface area contributed by atoms with Crippen molar-refractivity contribution in [2.45, 2.75) is 27.0 Å². The molecule has 0 bridgehead atoms. The van der Waals surface area contributed by atoms with Crippen LogP contribution in [0.4, 0.5) is 5.95 Å². The smallest absolute Gasteiger partial charge is 0.218 e. The maximum Gasteiger partial charge on any atom is 0.218 e. The molecule has 0 saturated carbocycles. The van der Waals surface area contributed by atoms with Gasteiger partial charge in [-0.2, -0.15) is 5.10 Å². The summed E-state index contributed by atoms with van der Waals surface area (Å²) in [5, 5.41) is 9.78. The van der Waals surface area contributed by atoms with Gasteiger partial charge in [0.2, 0.25) is 5.95 Å². The van der Waals surface area contributed by atoms with Gasteiger partial charge >= 0.3 is 0 Å². The number of benzene rings is 2. The molecule has 1 aromatic heterocycles. The van der Waals surface area contributed by atoms with Crippen LogP contribution in [0, 0.1) is 6.92 Å². The Bertz CT molecular complexity index is 853. The summed E-state index contributed by atoms with van der Waals surface area (Å²) in [6, 6.07) is 12.1. The summed E-state index contributed by atoms with van der Waals surface area (Å²) in [5.41, 5.74) is 3.40. The highest BCUT2D eigenvalue weighted by Gasteiger charge is 2.12. The number of nitrogens with zero attached hydrogens (tertiary/aromatic N) is 2. The third-order valence-corrected chi connectivity index (χ3v) is 4.66. The molecule has 3 rings (SSSR count). The van der Waals surface area contributed by atoms with E-state index in [-0.39, 0.29) is 0 Å². The van der Waals surface area contributed by atoms with Crippen LogP contribution in [-0.2, 0) is 13.2 Å². The minimum Gasteiger partial charge on any atom is -0.490 e. The Morgan fingerprint density at radius 3 is 2.65 bits per heavy atom. The quantitative estimate of drug-likeness (QED) is 0.566. The van der Waals surface area contributed by atoms with Gasteiger partial charge in [0.1, 0.15) is 12.9 Å². The number of aromatic nitrogens is 3. The van der Waals surface area contributed by atoms with Crippen molar-refractivity contribution < 1.29 is 9.47 Å². The number of anilines is 1. The average Bonchev–Trinajstić information content (AvgIpc) is 3.15. The second-order valence-electron chi connectivity index (χ2n) is 5.73. The predicted octanol–water partition coefficient (Wildman–Crippen LogP) is 4.47. The zero-order valence-corrected chi connectivity index (χ0v) is 16.3. The van der Waals surface area contributed by atoms with Gasteiger partial charge in [0.15, 0.2) is 11.5 Å². The van der Waals surface area contributed by atoms with Crippen LogP contribution < -0.4 is 14.8 Å². The predicted molar refractivity (Wildman–Crippen MR) is 105 cm³/mol. The van der Waals surface area contributed by atoms with Crippen LogP contribution in [0.3, 0.4) is 0 Å². The van der Waals surface area contributed by atoms with Crippen LogP contribution >= 0.6 is 15.9 Å². The molecule has 26 heavy (non-hydrogen) atoms. The maximum atomic E-state index is 6.04. The molecule has 136 valence electrons. The topological polar surface area (TPSA) is 72.1 Å². The molecule has 0 amide bonds. The van der Waals surface area contributed by atoms with Gasteiger partial charge < -0.3 is 14.8 Å². The van der Waals surface area contributed by atoms with E-state index in [1.54, 1.807) is 0 Å². The Hall–Kier alpha value is -2.54. The summed E-state index contributed by atoms with van der Waals surface area (Å²) in [6.07, 6.45) is 1.46. The van der Waals surface area contributed by atoms with Crippen molar-refractivity contribution in [2.75, 3.05) is 11.9 Å². The number of nitrogens with one attached hydrogen (secondary N) is 2. The lowest BCUT2D eigenvalue weighted by atomic mass is 10.1. The molecule has 0 radical (unpaired) electrons. The fraction of sp³-hybridized carbons (Fsp3) is 0.263. The zero-order chi connectivity index (χ0) is 18.4. The fourth-order valence-corrected chi connectivity index (χ4v) is 2.95. The van der Waals surface area contributed by atoms with Gasteiger partial charge in [-0.15, -0.1) is 0 Å². The molecular weight excluding hydrogens is 396 g/mol. The summed E-state index contributed by atoms with van der Waals surface area (Å²) in [6.45, 7) is 5.68. The molecule has 2 aromatic carbocycles. The van der Waals surface area contributed by atoms with E-state index in [4.69, 9.17) is 9.47 Å². The first-order valence-electron chi connectivity index (χ1n) is 8.39. The number of aryl methyl sites for hydroxylation is 1. The molecule has 3 aromatic rings. The monoisotopic (exact) mass is 416 g/mol. The molecule has 0 aliphatic heterocycles. The van der Waals surface area contributed by atoms with E-state index < -0.39 is 0 Å². The number of halogens is 1. The Kier molecular flexibility index (Phi) is 6.12. The number of hydrogen-bond donors (Lipinski definition) is 2. The molecular formula is C19H21BrN4O2. The van der Waals surface area contributed by atoms with E-state index in [1.807, 2.05) is 31.2 Å². The molecule has 0 saturated heterocycles. The number of ether oxygens (including phenoxy) is 2. The van der Waals surface area contributed by atoms with Crippen molar-refractivity contribution in [3.05, 3.63) is 63.9 Å². The van der Waals surface area contributed by atoms with E-state index in [2.05, 4.69) is 55.5 Å². The van der Waals surface area contributed by atoms with Crippen molar-refractivity contribution in [1.82, 2.24) is 15.2 Å². The molecule has 0 atom stereocenters. The Balaban J connectivity index is 1.76. The highest BCUT2D eigenvalue weighted by molar-refractivity contribution is 9.10. The summed E-state index contributed by atoms with van der Waals surface area (Å²) < 4.78 is 12.8. The third-order valence-electron chi connectivity index (χ3n) is 3.92. The summed E-state index contributed by atoms with van der Waals surface area (Å²) in [5.74, 6) is 2.05. The normalized spacial score (nSPS) is 10.6. The lowest BCUT2D eigenvalue weighted by molar-refractivity contribution is 0.268. The van der Waals surface area contributed by atoms with Crippen LogP contribution in [0.15, 0.2) is 47.2 Å². The van der Waals surface area contributed by atoms with Crippen LogP contribution in [0.1, 0.15) is 23.6 Å². The van der Waals surface area contributed by atoms with E-state index in [9.17, 15) is 0 Å². The first kappa shape index (κ1) is 18.3. The van der Waals surface area contributed by atoms with Crippen LogP contribution in [0.25, 0.3) is 0 Å². The van der Waals surface area contributed by atoms with E-state index in [1.165, 1.54) is 11.9 Å². The molecule has 7 heteroatoms. The van der Waals surface area contributed by atoms with Gasteiger partial charge in [0.25, 0.3) is 0 Å². The lowest BCUT2D eigenvalue weighted by Gasteiger charge is -2.16. The minimum atomic E-state index is 0.495. The van der Waals surface area contributed by atoms with Gasteiger partial charge in [-0.25, -0.2) is 10.1 Å². The molecule has 0 spiro atoms. The number of H-pyrrole nitrogens is 1. The fourth-order valence-electron chi connectivity index (χ4n) is 2.49. The molecule has 2 N–H and O–H groups in total. The Morgan fingerprint density at radius 1 is 1.12 bits per heavy atom. The number of rotatable bonds is 8. The second-order valence-corrected chi connectivity index (χ2v) is 6.58. The van der Waals surface area contributed by atoms with Crippen LogP contribution in [-0.4, -0.2) is 21.8 Å². The zero-order valence-electron chi connectivity index (χ0n) is 14.8. The summed E-state index contributed by atoms with van der Waals surface area (Å²) >= 11 is 3.62. The molecule has 1 heterocycles. The van der Waals surface area contributed by atoms with Gasteiger partial charge in [0.05, 0.1) is 6.61 Å². The van der Waals surface area contributed by atoms with Crippen LogP contribution in [0.2, 0.25) is 0 Å². The molecule has 0 aliphatic carbocycles. The van der Waals surface area contributed by atoms with Crippen LogP contribution in [0.5, 0.6) is 11.5 Å². The first-order chi connectivity index (χ1) is 12.7. The van der Waals surface area contributed by atoms with Crippen molar-refractivity contribution in [1.29, 1.82) is 0 Å². The highest BCUT2D eigenvalue weighted by atomic mass is 79.9. The molecule has 0 aliphatic rings. The van der Waals surface area contributed by atoms with Crippen molar-refractivity contribution in [2.24, 2.45) is 0 Å². The van der Waals surface area contributed by atoms with Crippen molar-refractivity contribution in [3.8, 4) is 11.5 Å². The third kappa shape index (κ3) is 4.54. The van der Waals surface area contributed by atoms with E-state index in [0.717, 1.165) is 21.3 Å². The molecule has 0 fully saturated rings. The Labute approximate surface area is 161 Å². The minimum absolute atomic E-state index is 0.495. The first-order valence-corrected chi connectivity index (χ1v) is 9.18. The standard InChI is InChI=1S/C19H21BrN4O2/c1-3-25-17-8-15(10-21-19-22-12-23-24-19)16(20)9-18(17)26-11-14-7-5-4-6-13(14)2/h4-9,12H,3,10-11H2,1-2H3,(H2,21,22,23,24). The number of aromatic amines is 1. The van der Waals surface area contributed by atoms with Crippen molar-refractivity contribution >= 4 is 21.9 Å².